The van der Waals surface area contributed by atoms with Crippen LogP contribution in [0, 0.1) is 0 Å². The number of β-amino-alcohol motifs (C(OH)–C–C–N with tert-alkyl or cyclic N) is 1. The van der Waals surface area contributed by atoms with E-state index in [0.29, 0.717) is 12.1 Å². The van der Waals surface area contributed by atoms with E-state index >= 15 is 0 Å². The largest absolute Gasteiger partial charge is 0.390 e. The summed E-state index contributed by atoms with van der Waals surface area (Å²) in [5, 5.41) is 20.2. The number of aromatic nitrogens is 2. The van der Waals surface area contributed by atoms with E-state index in [1.165, 1.54) is 0 Å². The van der Waals surface area contributed by atoms with Crippen LogP contribution in [0.15, 0.2) is 12.4 Å². The maximum absolute atomic E-state index is 12.0. The van der Waals surface area contributed by atoms with E-state index in [1.807, 2.05) is 13.8 Å². The SMILES string of the molecule is CC(C)n1cc(C(=O)NCC(O)CN2CCNCC2)cn1. The summed E-state index contributed by atoms with van der Waals surface area (Å²) in [6.07, 6.45) is 2.73. The van der Waals surface area contributed by atoms with Crippen molar-refractivity contribution in [2.75, 3.05) is 39.3 Å². The zero-order valence-corrected chi connectivity index (χ0v) is 12.7. The highest BCUT2D eigenvalue weighted by atomic mass is 16.3. The number of piperazine rings is 1. The van der Waals surface area contributed by atoms with Crippen molar-refractivity contribution >= 4 is 5.91 Å². The molecule has 118 valence electrons. The molecule has 0 radical (unpaired) electrons. The molecule has 0 aromatic carbocycles. The highest BCUT2D eigenvalue weighted by Gasteiger charge is 2.16. The Bertz CT molecular complexity index is 454. The van der Waals surface area contributed by atoms with E-state index < -0.39 is 6.10 Å². The van der Waals surface area contributed by atoms with E-state index in [0.717, 1.165) is 26.2 Å². The van der Waals surface area contributed by atoms with E-state index in [4.69, 9.17) is 0 Å². The number of hydrogen-bond acceptors (Lipinski definition) is 5. The predicted octanol–water partition coefficient (Wildman–Crippen LogP) is -0.540. The third-order valence-electron chi connectivity index (χ3n) is 3.57. The molecule has 21 heavy (non-hydrogen) atoms. The molecule has 1 aliphatic rings. The van der Waals surface area contributed by atoms with Gasteiger partial charge >= 0.3 is 0 Å². The van der Waals surface area contributed by atoms with Crippen molar-refractivity contribution in [3.05, 3.63) is 18.0 Å². The first-order valence-electron chi connectivity index (χ1n) is 7.49. The fourth-order valence-corrected chi connectivity index (χ4v) is 2.31. The van der Waals surface area contributed by atoms with Gasteiger partial charge in [0.1, 0.15) is 0 Å². The lowest BCUT2D eigenvalue weighted by atomic mass is 10.2. The van der Waals surface area contributed by atoms with Gasteiger partial charge in [-0.2, -0.15) is 5.10 Å². The van der Waals surface area contributed by atoms with Crippen molar-refractivity contribution < 1.29 is 9.90 Å². The van der Waals surface area contributed by atoms with Gasteiger partial charge in [0.15, 0.2) is 0 Å². The van der Waals surface area contributed by atoms with Crippen molar-refractivity contribution in [3.63, 3.8) is 0 Å². The maximum atomic E-state index is 12.0. The molecule has 1 unspecified atom stereocenters. The summed E-state index contributed by atoms with van der Waals surface area (Å²) in [5.74, 6) is -0.193. The van der Waals surface area contributed by atoms with Gasteiger partial charge in [0.05, 0.1) is 17.9 Å². The number of aliphatic hydroxyl groups excluding tert-OH is 1. The number of rotatable bonds is 6. The summed E-state index contributed by atoms with van der Waals surface area (Å²) in [7, 11) is 0. The number of carbonyl (C=O) groups is 1. The summed E-state index contributed by atoms with van der Waals surface area (Å²) in [5.41, 5.74) is 0.526. The molecule has 1 aromatic heterocycles. The van der Waals surface area contributed by atoms with Gasteiger partial charge in [-0.1, -0.05) is 0 Å². The molecule has 0 aliphatic carbocycles. The van der Waals surface area contributed by atoms with Gasteiger partial charge < -0.3 is 15.7 Å². The first-order chi connectivity index (χ1) is 10.1. The molecule has 1 aliphatic heterocycles. The Morgan fingerprint density at radius 3 is 2.81 bits per heavy atom. The van der Waals surface area contributed by atoms with Crippen LogP contribution in [-0.2, 0) is 0 Å². The minimum Gasteiger partial charge on any atom is -0.390 e. The van der Waals surface area contributed by atoms with Crippen LogP contribution in [0.5, 0.6) is 0 Å². The molecule has 3 N–H and O–H groups in total. The second-order valence-electron chi connectivity index (χ2n) is 5.72. The smallest absolute Gasteiger partial charge is 0.254 e. The quantitative estimate of drug-likeness (QED) is 0.656. The summed E-state index contributed by atoms with van der Waals surface area (Å²) in [6.45, 7) is 8.64. The van der Waals surface area contributed by atoms with Gasteiger partial charge in [-0.05, 0) is 13.8 Å². The topological polar surface area (TPSA) is 82.4 Å². The molecule has 1 atom stereocenters. The predicted molar refractivity (Wildman–Crippen MR) is 80.3 cm³/mol. The Morgan fingerprint density at radius 2 is 2.19 bits per heavy atom. The molecular weight excluding hydrogens is 270 g/mol. The van der Waals surface area contributed by atoms with Gasteiger partial charge in [-0.3, -0.25) is 14.4 Å². The van der Waals surface area contributed by atoms with Crippen molar-refractivity contribution in [1.82, 2.24) is 25.3 Å². The standard InChI is InChI=1S/C14H25N5O2/c1-11(2)19-9-12(7-17-19)14(21)16-8-13(20)10-18-5-3-15-4-6-18/h7,9,11,13,15,20H,3-6,8,10H2,1-2H3,(H,16,21). The number of nitrogens with one attached hydrogen (secondary N) is 2. The number of amides is 1. The van der Waals surface area contributed by atoms with Crippen LogP contribution in [0.3, 0.4) is 0 Å². The highest BCUT2D eigenvalue weighted by Crippen LogP contribution is 2.05. The van der Waals surface area contributed by atoms with E-state index in [2.05, 4.69) is 20.6 Å². The van der Waals surface area contributed by atoms with Crippen LogP contribution in [0.2, 0.25) is 0 Å². The highest BCUT2D eigenvalue weighted by molar-refractivity contribution is 5.93. The summed E-state index contributed by atoms with van der Waals surface area (Å²) < 4.78 is 1.74. The first-order valence-corrected chi connectivity index (χ1v) is 7.49. The molecule has 2 heterocycles. The second-order valence-corrected chi connectivity index (χ2v) is 5.72. The Kier molecular flexibility index (Phi) is 5.72. The van der Waals surface area contributed by atoms with Crippen LogP contribution in [-0.4, -0.2) is 71.1 Å². The molecule has 1 fully saturated rings. The van der Waals surface area contributed by atoms with Crippen LogP contribution in [0.4, 0.5) is 0 Å². The maximum Gasteiger partial charge on any atom is 0.254 e. The molecule has 2 rings (SSSR count). The number of nitrogens with zero attached hydrogens (tertiary/aromatic N) is 3. The molecular formula is C14H25N5O2. The van der Waals surface area contributed by atoms with Gasteiger partial charge in [-0.25, -0.2) is 0 Å². The Morgan fingerprint density at radius 1 is 1.48 bits per heavy atom. The van der Waals surface area contributed by atoms with Gasteiger partial charge in [0, 0.05) is 51.5 Å². The molecule has 1 saturated heterocycles. The monoisotopic (exact) mass is 295 g/mol. The van der Waals surface area contributed by atoms with E-state index in [9.17, 15) is 9.90 Å². The average molecular weight is 295 g/mol. The molecule has 0 bridgehead atoms. The lowest BCUT2D eigenvalue weighted by molar-refractivity contribution is 0.0842. The number of carbonyl (C=O) groups excluding carboxylic acids is 1. The zero-order chi connectivity index (χ0) is 15.2. The van der Waals surface area contributed by atoms with Crippen molar-refractivity contribution in [2.45, 2.75) is 26.0 Å². The Hall–Kier alpha value is -1.44. The molecule has 0 spiro atoms. The first kappa shape index (κ1) is 15.9. The van der Waals surface area contributed by atoms with E-state index in [1.54, 1.807) is 17.1 Å². The third kappa shape index (κ3) is 4.80. The Balaban J connectivity index is 1.74. The third-order valence-corrected chi connectivity index (χ3v) is 3.57. The number of aliphatic hydroxyl groups is 1. The normalized spacial score (nSPS) is 17.9. The number of hydrogen-bond donors (Lipinski definition) is 3. The zero-order valence-electron chi connectivity index (χ0n) is 12.7. The van der Waals surface area contributed by atoms with Crippen LogP contribution >= 0.6 is 0 Å². The van der Waals surface area contributed by atoms with E-state index in [-0.39, 0.29) is 18.5 Å². The fraction of sp³-hybridized carbons (Fsp3) is 0.714. The average Bonchev–Trinajstić information content (AvgIpc) is 2.96. The lowest BCUT2D eigenvalue weighted by Gasteiger charge is -2.29. The fourth-order valence-electron chi connectivity index (χ4n) is 2.31. The summed E-state index contributed by atoms with van der Waals surface area (Å²) >= 11 is 0. The van der Waals surface area contributed by atoms with Gasteiger partial charge in [0.2, 0.25) is 0 Å². The summed E-state index contributed by atoms with van der Waals surface area (Å²) in [4.78, 5) is 14.2. The van der Waals surface area contributed by atoms with Crippen molar-refractivity contribution in [2.24, 2.45) is 0 Å². The molecule has 7 heteroatoms. The molecule has 1 amide bonds. The second kappa shape index (κ2) is 7.53. The molecule has 7 nitrogen and oxygen atoms in total. The lowest BCUT2D eigenvalue weighted by Crippen LogP contribution is -2.48. The minimum absolute atomic E-state index is 0.193. The van der Waals surface area contributed by atoms with Crippen molar-refractivity contribution in [1.29, 1.82) is 0 Å². The van der Waals surface area contributed by atoms with Crippen LogP contribution in [0.25, 0.3) is 0 Å². The van der Waals surface area contributed by atoms with Crippen LogP contribution in [0.1, 0.15) is 30.2 Å². The summed E-state index contributed by atoms with van der Waals surface area (Å²) in [6, 6.07) is 0.227. The molecule has 1 aromatic rings. The van der Waals surface area contributed by atoms with Crippen molar-refractivity contribution in [3.8, 4) is 0 Å². The van der Waals surface area contributed by atoms with Crippen LogP contribution < -0.4 is 10.6 Å². The van der Waals surface area contributed by atoms with Gasteiger partial charge in [-0.15, -0.1) is 0 Å². The Labute approximate surface area is 125 Å². The molecule has 0 saturated carbocycles. The van der Waals surface area contributed by atoms with Gasteiger partial charge in [0.25, 0.3) is 5.91 Å². The minimum atomic E-state index is -0.549.